The largest absolute Gasteiger partial charge is 0.347 e. The van der Waals surface area contributed by atoms with Crippen molar-refractivity contribution >= 4 is 18.3 Å². The number of fused-ring (bicyclic) bond motifs is 1. The van der Waals surface area contributed by atoms with Crippen LogP contribution in [0.1, 0.15) is 52.6 Å². The van der Waals surface area contributed by atoms with Gasteiger partial charge in [-0.05, 0) is 36.4 Å². The lowest BCUT2D eigenvalue weighted by Crippen LogP contribution is -2.34. The lowest BCUT2D eigenvalue weighted by atomic mass is 9.99. The van der Waals surface area contributed by atoms with Gasteiger partial charge in [-0.3, -0.25) is 14.8 Å². The van der Waals surface area contributed by atoms with Crippen molar-refractivity contribution in [2.45, 2.75) is 45.8 Å². The maximum Gasteiger partial charge on any atom is 0.272 e. The number of aromatic amines is 1. The lowest BCUT2D eigenvalue weighted by molar-refractivity contribution is 0.0944. The van der Waals surface area contributed by atoms with Crippen LogP contribution in [0.15, 0.2) is 24.3 Å². The topological polar surface area (TPSA) is 73.0 Å². The molecule has 0 aliphatic carbocycles. The van der Waals surface area contributed by atoms with E-state index < -0.39 is 0 Å². The number of likely N-dealkylation sites (tertiary alicyclic amines) is 1. The number of H-pyrrole nitrogens is 1. The Morgan fingerprint density at radius 2 is 2.14 bits per heavy atom. The lowest BCUT2D eigenvalue weighted by Gasteiger charge is -2.31. The summed E-state index contributed by atoms with van der Waals surface area (Å²) in [6.07, 6.45) is 3.50. The van der Waals surface area contributed by atoms with Gasteiger partial charge in [-0.25, -0.2) is 0 Å². The van der Waals surface area contributed by atoms with Crippen LogP contribution in [0, 0.1) is 5.92 Å². The summed E-state index contributed by atoms with van der Waals surface area (Å²) in [5, 5.41) is 13.6. The maximum absolute atomic E-state index is 12.7. The van der Waals surface area contributed by atoms with Gasteiger partial charge >= 0.3 is 0 Å². The predicted molar refractivity (Wildman–Crippen MR) is 113 cm³/mol. The summed E-state index contributed by atoms with van der Waals surface area (Å²) in [7, 11) is 0. The van der Waals surface area contributed by atoms with Crippen molar-refractivity contribution in [2.75, 3.05) is 19.6 Å². The molecule has 152 valence electrons. The second-order valence-corrected chi connectivity index (χ2v) is 7.89. The van der Waals surface area contributed by atoms with Crippen LogP contribution in [-0.4, -0.2) is 40.6 Å². The molecule has 1 fully saturated rings. The Kier molecular flexibility index (Phi) is 7.10. The molecule has 1 amide bonds. The average molecular weight is 404 g/mol. The van der Waals surface area contributed by atoms with Gasteiger partial charge in [0.05, 0.1) is 0 Å². The van der Waals surface area contributed by atoms with Gasteiger partial charge in [0.1, 0.15) is 0 Å². The minimum absolute atomic E-state index is 0. The van der Waals surface area contributed by atoms with Crippen LogP contribution in [0.2, 0.25) is 0 Å². The molecule has 1 saturated heterocycles. The summed E-state index contributed by atoms with van der Waals surface area (Å²) in [5.74, 6) is 0.669. The summed E-state index contributed by atoms with van der Waals surface area (Å²) in [5.41, 5.74) is 5.11. The van der Waals surface area contributed by atoms with E-state index in [-0.39, 0.29) is 18.3 Å². The zero-order valence-corrected chi connectivity index (χ0v) is 17.3. The number of rotatable bonds is 5. The summed E-state index contributed by atoms with van der Waals surface area (Å²) in [4.78, 5) is 15.2. The van der Waals surface area contributed by atoms with E-state index in [1.165, 1.54) is 24.0 Å². The van der Waals surface area contributed by atoms with E-state index in [4.69, 9.17) is 0 Å². The van der Waals surface area contributed by atoms with Crippen molar-refractivity contribution in [3.63, 3.8) is 0 Å². The van der Waals surface area contributed by atoms with Crippen LogP contribution in [0.25, 0.3) is 0 Å². The number of halogens is 1. The number of carbonyl (C=O) groups excluding carboxylic acids is 1. The average Bonchev–Trinajstić information content (AvgIpc) is 3.11. The molecular formula is C21H30ClN5O. The first kappa shape index (κ1) is 20.8. The van der Waals surface area contributed by atoms with Crippen LogP contribution < -0.4 is 10.6 Å². The zero-order chi connectivity index (χ0) is 18.6. The molecule has 2 aliphatic rings. The second kappa shape index (κ2) is 9.54. The van der Waals surface area contributed by atoms with Gasteiger partial charge in [-0.2, -0.15) is 5.10 Å². The predicted octanol–water partition coefficient (Wildman–Crippen LogP) is 2.64. The first-order chi connectivity index (χ1) is 13.2. The molecule has 1 aromatic carbocycles. The molecule has 0 radical (unpaired) electrons. The number of piperidine rings is 1. The molecule has 1 aromatic heterocycles. The van der Waals surface area contributed by atoms with Gasteiger partial charge in [0, 0.05) is 50.4 Å². The number of amides is 1. The molecule has 6 nitrogen and oxygen atoms in total. The third-order valence-corrected chi connectivity index (χ3v) is 5.71. The smallest absolute Gasteiger partial charge is 0.272 e. The Balaban J connectivity index is 0.00000225. The van der Waals surface area contributed by atoms with Crippen LogP contribution in [-0.2, 0) is 26.1 Å². The summed E-state index contributed by atoms with van der Waals surface area (Å²) in [6.45, 7) is 7.78. The van der Waals surface area contributed by atoms with Gasteiger partial charge in [0.2, 0.25) is 0 Å². The van der Waals surface area contributed by atoms with E-state index in [9.17, 15) is 4.79 Å². The number of nitrogens with one attached hydrogen (secondary N) is 3. The number of nitrogens with zero attached hydrogens (tertiary/aromatic N) is 2. The number of carbonyl (C=O) groups is 1. The molecule has 7 heteroatoms. The Morgan fingerprint density at radius 3 is 2.96 bits per heavy atom. The van der Waals surface area contributed by atoms with Crippen molar-refractivity contribution in [3.8, 4) is 0 Å². The highest BCUT2D eigenvalue weighted by Crippen LogP contribution is 2.20. The molecule has 1 atom stereocenters. The van der Waals surface area contributed by atoms with E-state index in [0.29, 0.717) is 18.8 Å². The fourth-order valence-electron chi connectivity index (χ4n) is 4.23. The molecule has 28 heavy (non-hydrogen) atoms. The highest BCUT2D eigenvalue weighted by Gasteiger charge is 2.22. The number of hydrogen-bond donors (Lipinski definition) is 3. The van der Waals surface area contributed by atoms with Gasteiger partial charge in [0.25, 0.3) is 5.91 Å². The highest BCUT2D eigenvalue weighted by molar-refractivity contribution is 5.94. The first-order valence-electron chi connectivity index (χ1n) is 10.0. The second-order valence-electron chi connectivity index (χ2n) is 7.89. The Hall–Kier alpha value is -1.89. The van der Waals surface area contributed by atoms with Crippen molar-refractivity contribution in [2.24, 2.45) is 5.92 Å². The summed E-state index contributed by atoms with van der Waals surface area (Å²) < 4.78 is 0. The number of aromatic nitrogens is 2. The molecular weight excluding hydrogens is 374 g/mol. The standard InChI is InChI=1S/C21H29N5O.ClH/c1-15-5-4-10-26(13-15)14-17-7-3-2-6-16(17)11-23-21(27)20-18-12-22-9-8-19(18)24-25-20;/h2-3,6-7,15,22H,4-5,8-14H2,1H3,(H,23,27)(H,24,25);1H. The highest BCUT2D eigenvalue weighted by atomic mass is 35.5. The molecule has 1 unspecified atom stereocenters. The van der Waals surface area contributed by atoms with E-state index >= 15 is 0 Å². The van der Waals surface area contributed by atoms with Crippen molar-refractivity contribution in [1.82, 2.24) is 25.7 Å². The molecule has 3 N–H and O–H groups in total. The SMILES string of the molecule is CC1CCCN(Cc2ccccc2CNC(=O)c2n[nH]c3c2CNCC3)C1.Cl. The Morgan fingerprint density at radius 1 is 1.32 bits per heavy atom. The number of hydrogen-bond acceptors (Lipinski definition) is 4. The van der Waals surface area contributed by atoms with Gasteiger partial charge in [-0.15, -0.1) is 12.4 Å². The molecule has 0 saturated carbocycles. The monoisotopic (exact) mass is 403 g/mol. The van der Waals surface area contributed by atoms with Crippen LogP contribution >= 0.6 is 12.4 Å². The van der Waals surface area contributed by atoms with Gasteiger partial charge < -0.3 is 10.6 Å². The minimum atomic E-state index is -0.0994. The van der Waals surface area contributed by atoms with E-state index in [1.807, 2.05) is 6.07 Å². The normalized spacial score (nSPS) is 19.5. The zero-order valence-electron chi connectivity index (χ0n) is 16.5. The van der Waals surface area contributed by atoms with Crippen molar-refractivity contribution in [3.05, 3.63) is 52.3 Å². The molecule has 3 heterocycles. The fraction of sp³-hybridized carbons (Fsp3) is 0.524. The molecule has 0 bridgehead atoms. The van der Waals surface area contributed by atoms with Crippen LogP contribution in [0.4, 0.5) is 0 Å². The third kappa shape index (κ3) is 4.74. The maximum atomic E-state index is 12.7. The molecule has 2 aromatic rings. The van der Waals surface area contributed by atoms with Crippen LogP contribution in [0.5, 0.6) is 0 Å². The fourth-order valence-corrected chi connectivity index (χ4v) is 4.23. The van der Waals surface area contributed by atoms with Crippen molar-refractivity contribution < 1.29 is 4.79 Å². The number of benzene rings is 1. The summed E-state index contributed by atoms with van der Waals surface area (Å²) >= 11 is 0. The third-order valence-electron chi connectivity index (χ3n) is 5.71. The van der Waals surface area contributed by atoms with E-state index in [2.05, 4.69) is 50.9 Å². The van der Waals surface area contributed by atoms with Crippen LogP contribution in [0.3, 0.4) is 0 Å². The minimum Gasteiger partial charge on any atom is -0.347 e. The Labute approximate surface area is 172 Å². The quantitative estimate of drug-likeness (QED) is 0.717. The van der Waals surface area contributed by atoms with E-state index in [1.54, 1.807) is 0 Å². The first-order valence-corrected chi connectivity index (χ1v) is 10.0. The van der Waals surface area contributed by atoms with Crippen molar-refractivity contribution in [1.29, 1.82) is 0 Å². The Bertz CT molecular complexity index is 806. The molecule has 2 aliphatic heterocycles. The van der Waals surface area contributed by atoms with E-state index in [0.717, 1.165) is 49.8 Å². The molecule has 0 spiro atoms. The molecule has 4 rings (SSSR count). The van der Waals surface area contributed by atoms with Gasteiger partial charge in [0.15, 0.2) is 5.69 Å². The van der Waals surface area contributed by atoms with Gasteiger partial charge in [-0.1, -0.05) is 31.2 Å². The summed E-state index contributed by atoms with van der Waals surface area (Å²) in [6, 6.07) is 8.43.